The van der Waals surface area contributed by atoms with Gasteiger partial charge >= 0.3 is 0 Å². The van der Waals surface area contributed by atoms with E-state index in [-0.39, 0.29) is 19.1 Å². The van der Waals surface area contributed by atoms with E-state index in [1.54, 1.807) is 24.5 Å². The van der Waals surface area contributed by atoms with Crippen molar-refractivity contribution in [1.82, 2.24) is 14.3 Å². The van der Waals surface area contributed by atoms with Crippen molar-refractivity contribution in [1.29, 1.82) is 0 Å². The van der Waals surface area contributed by atoms with Crippen molar-refractivity contribution < 1.29 is 4.79 Å². The molecule has 3 heterocycles. The summed E-state index contributed by atoms with van der Waals surface area (Å²) >= 11 is 2.25. The van der Waals surface area contributed by atoms with E-state index < -0.39 is 0 Å². The van der Waals surface area contributed by atoms with E-state index in [1.165, 1.54) is 22.4 Å². The molecule has 0 saturated carbocycles. The second kappa shape index (κ2) is 8.74. The molecule has 13 heteroatoms. The Kier molecular flexibility index (Phi) is 5.92. The van der Waals surface area contributed by atoms with Crippen molar-refractivity contribution in [3.63, 3.8) is 0 Å². The first-order valence-electron chi connectivity index (χ1n) is 7.39. The normalized spacial score (nSPS) is 9.93. The van der Waals surface area contributed by atoms with Crippen LogP contribution in [0, 0.1) is 0 Å². The molecule has 0 fully saturated rings. The van der Waals surface area contributed by atoms with E-state index in [1.807, 2.05) is 6.07 Å². The summed E-state index contributed by atoms with van der Waals surface area (Å²) in [6.07, 6.45) is 4.79. The fourth-order valence-electron chi connectivity index (χ4n) is 2.14. The fraction of sp³-hybridized carbons (Fsp3) is 0.143. The minimum atomic E-state index is -0.381. The summed E-state index contributed by atoms with van der Waals surface area (Å²) in [6.45, 7) is -0.281. The highest BCUT2D eigenvalue weighted by Crippen LogP contribution is 2.36. The van der Waals surface area contributed by atoms with Crippen LogP contribution in [0.15, 0.2) is 47.0 Å². The Hall–Kier alpha value is -3.50. The Bertz CT molecular complexity index is 1020. The Labute approximate surface area is 160 Å². The zero-order chi connectivity index (χ0) is 19.1. The quantitative estimate of drug-likeness (QED) is 0.328. The molecule has 0 aliphatic rings. The smallest absolute Gasteiger partial charge is 0.270 e. The topological polar surface area (TPSA) is 156 Å². The number of carbonyl (C=O) groups is 1. The molecule has 134 valence electrons. The molecule has 27 heavy (non-hydrogen) atoms. The average molecular weight is 398 g/mol. The number of hydrogen-bond donors (Lipinski definition) is 0. The molecule has 0 radical (unpaired) electrons. The van der Waals surface area contributed by atoms with Gasteiger partial charge in [0.1, 0.15) is 21.6 Å². The van der Waals surface area contributed by atoms with Crippen molar-refractivity contribution in [3.05, 3.63) is 68.2 Å². The number of hydrogen-bond acceptors (Lipinski definition) is 8. The number of amides is 1. The van der Waals surface area contributed by atoms with Crippen LogP contribution >= 0.6 is 22.9 Å². The molecule has 0 bridgehead atoms. The highest BCUT2D eigenvalue weighted by Gasteiger charge is 2.25. The molecular formula is C14H10N10OS2. The van der Waals surface area contributed by atoms with E-state index >= 15 is 0 Å². The second-order valence-corrected chi connectivity index (χ2v) is 6.69. The maximum Gasteiger partial charge on any atom is 0.270 e. The summed E-state index contributed by atoms with van der Waals surface area (Å²) in [4.78, 5) is 28.6. The predicted molar refractivity (Wildman–Crippen MR) is 101 cm³/mol. The van der Waals surface area contributed by atoms with E-state index in [0.29, 0.717) is 20.6 Å². The molecule has 0 atom stereocenters. The van der Waals surface area contributed by atoms with Gasteiger partial charge in [-0.1, -0.05) is 21.6 Å². The highest BCUT2D eigenvalue weighted by atomic mass is 32.1. The number of azide groups is 2. The van der Waals surface area contributed by atoms with Crippen molar-refractivity contribution in [2.75, 3.05) is 11.6 Å². The van der Waals surface area contributed by atoms with Gasteiger partial charge in [0.2, 0.25) is 0 Å². The van der Waals surface area contributed by atoms with Gasteiger partial charge in [-0.3, -0.25) is 14.7 Å². The predicted octanol–water partition coefficient (Wildman–Crippen LogP) is 4.39. The molecule has 0 aliphatic carbocycles. The first-order valence-corrected chi connectivity index (χ1v) is 8.98. The van der Waals surface area contributed by atoms with Gasteiger partial charge in [-0.05, 0) is 40.8 Å². The molecule has 0 spiro atoms. The lowest BCUT2D eigenvalue weighted by molar-refractivity contribution is 0.0992. The van der Waals surface area contributed by atoms with Crippen molar-refractivity contribution in [2.24, 2.45) is 10.2 Å². The SMILES string of the molecule is [N-]=[N+]=NCc1nc(-c2cccnc2)sc1N(CN=[N+]=[N-])C(=O)c1ccns1. The number of nitrogens with zero attached hydrogens (tertiary/aromatic N) is 10. The molecular weight excluding hydrogens is 388 g/mol. The van der Waals surface area contributed by atoms with Gasteiger partial charge in [-0.2, -0.15) is 0 Å². The number of thiazole rings is 1. The second-order valence-electron chi connectivity index (χ2n) is 4.88. The van der Waals surface area contributed by atoms with Crippen LogP contribution < -0.4 is 4.90 Å². The van der Waals surface area contributed by atoms with Crippen LogP contribution in [0.1, 0.15) is 15.4 Å². The molecule has 11 nitrogen and oxygen atoms in total. The highest BCUT2D eigenvalue weighted by molar-refractivity contribution is 7.19. The summed E-state index contributed by atoms with van der Waals surface area (Å²) < 4.78 is 3.93. The third-order valence-electron chi connectivity index (χ3n) is 3.28. The van der Waals surface area contributed by atoms with Gasteiger partial charge in [-0.15, -0.1) is 0 Å². The van der Waals surface area contributed by atoms with Gasteiger partial charge in [0.15, 0.2) is 0 Å². The Morgan fingerprint density at radius 1 is 1.22 bits per heavy atom. The Morgan fingerprint density at radius 3 is 2.74 bits per heavy atom. The zero-order valence-electron chi connectivity index (χ0n) is 13.6. The van der Waals surface area contributed by atoms with Crippen LogP contribution in [0.3, 0.4) is 0 Å². The van der Waals surface area contributed by atoms with Crippen LogP contribution in [0.5, 0.6) is 0 Å². The lowest BCUT2D eigenvalue weighted by Gasteiger charge is -2.18. The summed E-state index contributed by atoms with van der Waals surface area (Å²) in [6, 6.07) is 5.17. The summed E-state index contributed by atoms with van der Waals surface area (Å²) in [5, 5.41) is 8.11. The molecule has 3 aromatic rings. The van der Waals surface area contributed by atoms with Crippen molar-refractivity contribution in [3.8, 4) is 10.6 Å². The van der Waals surface area contributed by atoms with E-state index in [9.17, 15) is 4.79 Å². The number of carbonyl (C=O) groups excluding carboxylic acids is 1. The average Bonchev–Trinajstić information content (AvgIpc) is 3.38. The van der Waals surface area contributed by atoms with Gasteiger partial charge in [0.05, 0.1) is 12.2 Å². The van der Waals surface area contributed by atoms with E-state index in [4.69, 9.17) is 11.1 Å². The lowest BCUT2D eigenvalue weighted by Crippen LogP contribution is -2.30. The molecule has 3 rings (SSSR count). The molecule has 0 aliphatic heterocycles. The van der Waals surface area contributed by atoms with Crippen LogP contribution in [0.25, 0.3) is 31.5 Å². The standard InChI is InChI=1S/C14H10N10OS2/c15-22-18-7-10-14(26-12(21-10)9-2-1-4-17-6-9)24(8-19-23-16)13(25)11-3-5-20-27-11/h1-6H,7-8H2. The van der Waals surface area contributed by atoms with Gasteiger partial charge < -0.3 is 0 Å². The van der Waals surface area contributed by atoms with Gasteiger partial charge in [0.25, 0.3) is 5.91 Å². The Balaban J connectivity index is 2.08. The maximum atomic E-state index is 12.9. The number of rotatable bonds is 7. The minimum absolute atomic E-state index is 0.0503. The van der Waals surface area contributed by atoms with Gasteiger partial charge in [0, 0.05) is 34.0 Å². The first kappa shape index (κ1) is 18.3. The summed E-state index contributed by atoms with van der Waals surface area (Å²) in [5.74, 6) is -0.381. The van der Waals surface area contributed by atoms with Crippen LogP contribution in [0.2, 0.25) is 0 Å². The van der Waals surface area contributed by atoms with Crippen LogP contribution in [-0.4, -0.2) is 26.9 Å². The largest absolute Gasteiger partial charge is 0.291 e. The molecule has 0 saturated heterocycles. The first-order chi connectivity index (χ1) is 13.2. The Morgan fingerprint density at radius 2 is 2.07 bits per heavy atom. The lowest BCUT2D eigenvalue weighted by atomic mass is 10.3. The minimum Gasteiger partial charge on any atom is -0.291 e. The monoisotopic (exact) mass is 398 g/mol. The van der Waals surface area contributed by atoms with E-state index in [2.05, 4.69) is 34.4 Å². The number of aromatic nitrogens is 3. The summed E-state index contributed by atoms with van der Waals surface area (Å²) in [7, 11) is 0. The molecule has 0 unspecified atom stereocenters. The van der Waals surface area contributed by atoms with Crippen LogP contribution in [0.4, 0.5) is 5.00 Å². The third kappa shape index (κ3) is 4.19. The molecule has 1 amide bonds. The zero-order valence-corrected chi connectivity index (χ0v) is 15.2. The molecule has 3 aromatic heterocycles. The van der Waals surface area contributed by atoms with Crippen molar-refractivity contribution >= 4 is 33.8 Å². The van der Waals surface area contributed by atoms with Gasteiger partial charge in [-0.25, -0.2) is 9.36 Å². The fourth-order valence-corrected chi connectivity index (χ4v) is 3.74. The summed E-state index contributed by atoms with van der Waals surface area (Å²) in [5.41, 5.74) is 18.5. The third-order valence-corrected chi connectivity index (χ3v) is 5.18. The number of pyridine rings is 1. The molecule has 0 N–H and O–H groups in total. The maximum absolute atomic E-state index is 12.9. The van der Waals surface area contributed by atoms with Crippen LogP contribution in [-0.2, 0) is 6.54 Å². The van der Waals surface area contributed by atoms with E-state index in [0.717, 1.165) is 17.1 Å². The van der Waals surface area contributed by atoms with Crippen molar-refractivity contribution in [2.45, 2.75) is 6.54 Å². The number of anilines is 1. The molecule has 0 aromatic carbocycles.